The van der Waals surface area contributed by atoms with E-state index < -0.39 is 42.0 Å². The number of aliphatic hydroxyl groups is 2. The van der Waals surface area contributed by atoms with Crippen molar-refractivity contribution in [1.29, 1.82) is 0 Å². The van der Waals surface area contributed by atoms with Crippen LogP contribution in [0, 0.1) is 0 Å². The summed E-state index contributed by atoms with van der Waals surface area (Å²) in [6.45, 7) is 2.96. The summed E-state index contributed by atoms with van der Waals surface area (Å²) in [7, 11) is 1.42. The quantitative estimate of drug-likeness (QED) is 0.296. The van der Waals surface area contributed by atoms with Crippen LogP contribution in [0.4, 0.5) is 4.79 Å². The number of ketones is 1. The van der Waals surface area contributed by atoms with Crippen molar-refractivity contribution in [2.45, 2.75) is 62.6 Å². The highest BCUT2D eigenvalue weighted by atomic mass is 16.6. The fourth-order valence-electron chi connectivity index (χ4n) is 7.19. The van der Waals surface area contributed by atoms with Gasteiger partial charge in [-0.05, 0) is 68.6 Å². The molecule has 0 radical (unpaired) electrons. The highest BCUT2D eigenvalue weighted by Crippen LogP contribution is 2.46. The van der Waals surface area contributed by atoms with Gasteiger partial charge in [-0.25, -0.2) is 4.79 Å². The molecular formula is C36H40N2O11. The number of hydrogen-bond acceptors (Lipinski definition) is 12. The first kappa shape index (κ1) is 32.8. The average molecular weight is 677 g/mol. The maximum Gasteiger partial charge on any atom is 0.415 e. The van der Waals surface area contributed by atoms with Crippen molar-refractivity contribution >= 4 is 11.9 Å². The number of aromatic hydroxyl groups is 2. The minimum Gasteiger partial charge on any atom is -0.507 e. The fourth-order valence-corrected chi connectivity index (χ4v) is 7.19. The van der Waals surface area contributed by atoms with Gasteiger partial charge in [0.05, 0.1) is 13.7 Å². The summed E-state index contributed by atoms with van der Waals surface area (Å²) in [4.78, 5) is 30.6. The van der Waals surface area contributed by atoms with Gasteiger partial charge < -0.3 is 53.9 Å². The van der Waals surface area contributed by atoms with E-state index in [4.69, 9.17) is 23.7 Å². The smallest absolute Gasteiger partial charge is 0.415 e. The number of aliphatic hydroxyl groups excluding tert-OH is 2. The Balaban J connectivity index is 1.08. The number of phenolic OH excluding ortho intramolecular Hbond substituents is 2. The second-order valence-corrected chi connectivity index (χ2v) is 12.9. The number of nitrogens with zero attached hydrogens (tertiary/aromatic N) is 2. The molecule has 49 heavy (non-hydrogen) atoms. The first-order valence-electron chi connectivity index (χ1n) is 16.7. The number of methoxy groups -OCH3 is 1. The van der Waals surface area contributed by atoms with E-state index in [-0.39, 0.29) is 40.9 Å². The number of rotatable bonds is 6. The van der Waals surface area contributed by atoms with E-state index in [0.717, 1.165) is 25.9 Å². The van der Waals surface area contributed by atoms with E-state index in [1.807, 2.05) is 0 Å². The van der Waals surface area contributed by atoms with Gasteiger partial charge in [0.25, 0.3) is 0 Å². The molecule has 0 aliphatic carbocycles. The van der Waals surface area contributed by atoms with Gasteiger partial charge in [0.15, 0.2) is 47.4 Å². The van der Waals surface area contributed by atoms with Gasteiger partial charge in [-0.3, -0.25) is 4.79 Å². The summed E-state index contributed by atoms with van der Waals surface area (Å²) in [5.41, 5.74) is 0.735. The normalized spacial score (nSPS) is 24.1. The van der Waals surface area contributed by atoms with E-state index in [0.29, 0.717) is 36.0 Å². The van der Waals surface area contributed by atoms with Crippen molar-refractivity contribution in [2.75, 3.05) is 39.9 Å². The largest absolute Gasteiger partial charge is 0.507 e. The van der Waals surface area contributed by atoms with Crippen LogP contribution < -0.4 is 23.7 Å². The molecule has 3 aromatic rings. The second-order valence-electron chi connectivity index (χ2n) is 12.9. The monoisotopic (exact) mass is 676 g/mol. The number of benzene rings is 3. The Hall–Kier alpha value is -4.72. The number of likely N-dealkylation sites (tertiary alicyclic amines) is 2. The highest BCUT2D eigenvalue weighted by molar-refractivity contribution is 6.05. The van der Waals surface area contributed by atoms with Gasteiger partial charge in [0.1, 0.15) is 22.8 Å². The Morgan fingerprint density at radius 2 is 1.55 bits per heavy atom. The van der Waals surface area contributed by atoms with Crippen LogP contribution in [0.15, 0.2) is 48.5 Å². The lowest BCUT2D eigenvalue weighted by atomic mass is 9.92. The molecule has 0 saturated carbocycles. The molecule has 4 N–H and O–H groups in total. The van der Waals surface area contributed by atoms with Crippen LogP contribution in [0.1, 0.15) is 65.8 Å². The topological polar surface area (TPSA) is 168 Å². The Morgan fingerprint density at radius 1 is 0.837 bits per heavy atom. The standard InChI is InChI=1S/C36H40N2O11/c1-45-27-15-20(5-7-24(27)40)34-30(19-39)47-26-8-6-21(16-28(26)48-34)35-33(43)32(42)31-25(41)17-23(18-29(31)49-35)46-36(44)38-13-9-22(10-14-38)37-11-3-2-4-12-37/h5-8,15-18,22,30,33-35,39-41,43H,2-4,9-14,19H2,1H3/t30?,33-,34?,35+/m0/s1. The van der Waals surface area contributed by atoms with E-state index in [1.54, 1.807) is 35.2 Å². The molecule has 0 aromatic heterocycles. The van der Waals surface area contributed by atoms with Gasteiger partial charge in [0, 0.05) is 36.8 Å². The Bertz CT molecular complexity index is 1720. The van der Waals surface area contributed by atoms with Crippen molar-refractivity contribution < 1.29 is 53.7 Å². The summed E-state index contributed by atoms with van der Waals surface area (Å²) in [6, 6.07) is 12.4. The van der Waals surface area contributed by atoms with Crippen molar-refractivity contribution in [3.8, 4) is 40.2 Å². The molecular weight excluding hydrogens is 636 g/mol. The number of fused-ring (bicyclic) bond motifs is 2. The minimum atomic E-state index is -1.67. The maximum absolute atomic E-state index is 13.3. The summed E-state index contributed by atoms with van der Waals surface area (Å²) < 4.78 is 29.2. The molecule has 4 atom stereocenters. The molecule has 2 unspecified atom stereocenters. The molecule has 4 aliphatic rings. The number of piperidine rings is 2. The van der Waals surface area contributed by atoms with Crippen molar-refractivity contribution in [3.05, 3.63) is 65.2 Å². The molecule has 13 heteroatoms. The van der Waals surface area contributed by atoms with Gasteiger partial charge in [-0.2, -0.15) is 0 Å². The van der Waals surface area contributed by atoms with E-state index in [9.17, 15) is 30.0 Å². The molecule has 7 rings (SSSR count). The van der Waals surface area contributed by atoms with Crippen LogP contribution in [-0.4, -0.2) is 100 Å². The van der Waals surface area contributed by atoms with Gasteiger partial charge in [-0.1, -0.05) is 18.6 Å². The predicted octanol–water partition coefficient (Wildman–Crippen LogP) is 4.11. The van der Waals surface area contributed by atoms with E-state index in [2.05, 4.69) is 4.90 Å². The summed E-state index contributed by atoms with van der Waals surface area (Å²) in [6.07, 6.45) is 0.440. The zero-order chi connectivity index (χ0) is 34.2. The molecule has 1 amide bonds. The Kier molecular flexibility index (Phi) is 9.14. The first-order chi connectivity index (χ1) is 23.7. The van der Waals surface area contributed by atoms with E-state index >= 15 is 0 Å². The molecule has 3 aromatic carbocycles. The molecule has 13 nitrogen and oxygen atoms in total. The molecule has 2 fully saturated rings. The van der Waals surface area contributed by atoms with Crippen molar-refractivity contribution in [1.82, 2.24) is 9.80 Å². The van der Waals surface area contributed by atoms with Gasteiger partial charge >= 0.3 is 6.09 Å². The molecule has 0 spiro atoms. The summed E-state index contributed by atoms with van der Waals surface area (Å²) in [5.74, 6) is -0.517. The molecule has 4 aliphatic heterocycles. The van der Waals surface area contributed by atoms with Crippen LogP contribution in [0.3, 0.4) is 0 Å². The second kappa shape index (κ2) is 13.7. The lowest BCUT2D eigenvalue weighted by molar-refractivity contribution is -0.0130. The van der Waals surface area contributed by atoms with Crippen LogP contribution in [0.2, 0.25) is 0 Å². The zero-order valence-electron chi connectivity index (χ0n) is 27.1. The Labute approximate surface area is 283 Å². The van der Waals surface area contributed by atoms with Crippen LogP contribution >= 0.6 is 0 Å². The number of ether oxygens (including phenoxy) is 5. The summed E-state index contributed by atoms with van der Waals surface area (Å²) >= 11 is 0. The number of Topliss-reactive ketones (excluding diaryl/α,β-unsaturated/α-hetero) is 1. The van der Waals surface area contributed by atoms with Gasteiger partial charge in [-0.15, -0.1) is 0 Å². The molecule has 0 bridgehead atoms. The molecule has 260 valence electrons. The van der Waals surface area contributed by atoms with Crippen molar-refractivity contribution in [3.63, 3.8) is 0 Å². The van der Waals surface area contributed by atoms with Crippen LogP contribution in [-0.2, 0) is 0 Å². The van der Waals surface area contributed by atoms with Crippen LogP contribution in [0.5, 0.6) is 40.2 Å². The van der Waals surface area contributed by atoms with Crippen LogP contribution in [0.25, 0.3) is 0 Å². The lowest BCUT2D eigenvalue weighted by Gasteiger charge is -2.39. The summed E-state index contributed by atoms with van der Waals surface area (Å²) in [5, 5.41) is 41.9. The van der Waals surface area contributed by atoms with E-state index in [1.165, 1.54) is 44.6 Å². The number of amides is 1. The minimum absolute atomic E-state index is 0.00623. The number of carbonyl (C=O) groups excluding carboxylic acids is 2. The predicted molar refractivity (Wildman–Crippen MR) is 174 cm³/mol. The third-order valence-electron chi connectivity index (χ3n) is 9.82. The third-order valence-corrected chi connectivity index (χ3v) is 9.82. The Morgan fingerprint density at radius 3 is 2.29 bits per heavy atom. The molecule has 4 heterocycles. The maximum atomic E-state index is 13.3. The first-order valence-corrected chi connectivity index (χ1v) is 16.7. The number of phenols is 2. The van der Waals surface area contributed by atoms with Gasteiger partial charge in [0.2, 0.25) is 5.78 Å². The average Bonchev–Trinajstić information content (AvgIpc) is 3.12. The SMILES string of the molecule is COc1cc(C2Oc3cc([C@H]4Oc5cc(OC(=O)N6CCC(N7CCCCC7)CC6)cc(O)c5C(=O)[C@@H]4O)ccc3OC2CO)ccc1O. The lowest BCUT2D eigenvalue weighted by Crippen LogP contribution is -2.48. The highest BCUT2D eigenvalue weighted by Gasteiger charge is 2.41. The number of carbonyl (C=O) groups is 2. The van der Waals surface area contributed by atoms with Crippen molar-refractivity contribution in [2.24, 2.45) is 0 Å². The number of hydrogen-bond donors (Lipinski definition) is 4. The zero-order valence-corrected chi connectivity index (χ0v) is 27.1. The molecule has 2 saturated heterocycles. The third kappa shape index (κ3) is 6.41. The fraction of sp³-hybridized carbons (Fsp3) is 0.444.